The van der Waals surface area contributed by atoms with E-state index in [1.54, 1.807) is 19.1 Å². The van der Waals surface area contributed by atoms with Crippen molar-refractivity contribution in [3.8, 4) is 0 Å². The minimum Gasteiger partial charge on any atom is -0.463 e. The Labute approximate surface area is 171 Å². The van der Waals surface area contributed by atoms with Crippen molar-refractivity contribution in [1.82, 2.24) is 0 Å². The van der Waals surface area contributed by atoms with Crippen molar-refractivity contribution in [3.63, 3.8) is 0 Å². The minimum atomic E-state index is -4.04. The van der Waals surface area contributed by atoms with Gasteiger partial charge in [-0.3, -0.25) is 20.3 Å². The van der Waals surface area contributed by atoms with Gasteiger partial charge in [0, 0.05) is 16.8 Å². The van der Waals surface area contributed by atoms with Crippen LogP contribution in [0.3, 0.4) is 0 Å². The highest BCUT2D eigenvalue weighted by molar-refractivity contribution is 7.92. The molecule has 0 fully saturated rings. The molecule has 0 atom stereocenters. The van der Waals surface area contributed by atoms with Crippen LogP contribution >= 0.6 is 11.6 Å². The van der Waals surface area contributed by atoms with Crippen molar-refractivity contribution in [1.29, 1.82) is 0 Å². The van der Waals surface area contributed by atoms with Gasteiger partial charge in [-0.25, -0.2) is 8.42 Å². The maximum absolute atomic E-state index is 12.6. The zero-order chi connectivity index (χ0) is 21.0. The van der Waals surface area contributed by atoms with Gasteiger partial charge >= 0.3 is 0 Å². The molecule has 2 aromatic carbocycles. The molecular weight excluding hydrogens is 420 g/mol. The van der Waals surface area contributed by atoms with Gasteiger partial charge in [-0.15, -0.1) is 0 Å². The summed E-state index contributed by atoms with van der Waals surface area (Å²) in [6.45, 7) is 1.66. The first-order valence-corrected chi connectivity index (χ1v) is 10.0. The van der Waals surface area contributed by atoms with E-state index in [1.165, 1.54) is 42.7 Å². The Morgan fingerprint density at radius 3 is 2.52 bits per heavy atom. The Kier molecular flexibility index (Phi) is 5.85. The molecule has 3 rings (SSSR count). The predicted octanol–water partition coefficient (Wildman–Crippen LogP) is 4.48. The van der Waals surface area contributed by atoms with E-state index in [0.29, 0.717) is 16.5 Å². The van der Waals surface area contributed by atoms with Crippen molar-refractivity contribution < 1.29 is 17.8 Å². The monoisotopic (exact) mass is 434 g/mol. The van der Waals surface area contributed by atoms with E-state index in [2.05, 4.69) is 15.2 Å². The van der Waals surface area contributed by atoms with Crippen molar-refractivity contribution in [2.24, 2.45) is 5.10 Å². The first-order valence-electron chi connectivity index (χ1n) is 8.17. The lowest BCUT2D eigenvalue weighted by Crippen LogP contribution is -2.13. The fourth-order valence-corrected chi connectivity index (χ4v) is 3.54. The molecule has 11 heteroatoms. The van der Waals surface area contributed by atoms with Gasteiger partial charge in [0.2, 0.25) is 0 Å². The molecule has 0 amide bonds. The van der Waals surface area contributed by atoms with Crippen LogP contribution < -0.4 is 10.1 Å². The summed E-state index contributed by atoms with van der Waals surface area (Å²) < 4.78 is 32.7. The number of hydrogen-bond donors (Lipinski definition) is 2. The minimum absolute atomic E-state index is 0.0337. The first-order chi connectivity index (χ1) is 13.8. The van der Waals surface area contributed by atoms with Crippen LogP contribution in [-0.2, 0) is 10.0 Å². The number of halogens is 1. The van der Waals surface area contributed by atoms with Crippen LogP contribution in [0.2, 0.25) is 5.02 Å². The second-order valence-electron chi connectivity index (χ2n) is 5.83. The predicted molar refractivity (Wildman–Crippen MR) is 110 cm³/mol. The third kappa shape index (κ3) is 4.92. The number of furan rings is 1. The van der Waals surface area contributed by atoms with Crippen molar-refractivity contribution in [3.05, 3.63) is 81.8 Å². The van der Waals surface area contributed by atoms with E-state index in [4.69, 9.17) is 16.0 Å². The highest BCUT2D eigenvalue weighted by Crippen LogP contribution is 2.29. The number of benzene rings is 2. The molecule has 0 spiro atoms. The fraction of sp³-hybridized carbons (Fsp3) is 0.0556. The zero-order valence-electron chi connectivity index (χ0n) is 15.0. The summed E-state index contributed by atoms with van der Waals surface area (Å²) in [5.41, 5.74) is 2.90. The van der Waals surface area contributed by atoms with E-state index in [-0.39, 0.29) is 16.3 Å². The van der Waals surface area contributed by atoms with E-state index < -0.39 is 20.6 Å². The number of nitro benzene ring substituents is 1. The van der Waals surface area contributed by atoms with Gasteiger partial charge in [-0.05, 0) is 55.5 Å². The first kappa shape index (κ1) is 20.4. The Bertz CT molecular complexity index is 1160. The fourth-order valence-electron chi connectivity index (χ4n) is 2.34. The average Bonchev–Trinajstić information content (AvgIpc) is 3.22. The third-order valence-corrected chi connectivity index (χ3v) is 5.43. The summed E-state index contributed by atoms with van der Waals surface area (Å²) in [7, 11) is -4.04. The summed E-state index contributed by atoms with van der Waals surface area (Å²) in [6, 6.07) is 12.9. The highest BCUT2D eigenvalue weighted by atomic mass is 35.5. The van der Waals surface area contributed by atoms with Crippen molar-refractivity contribution in [2.75, 3.05) is 10.1 Å². The number of nitrogens with zero attached hydrogens (tertiary/aromatic N) is 2. The second-order valence-corrected chi connectivity index (χ2v) is 7.95. The number of nitrogens with one attached hydrogen (secondary N) is 2. The molecule has 0 radical (unpaired) electrons. The lowest BCUT2D eigenvalue weighted by molar-refractivity contribution is -0.384. The number of anilines is 2. The quantitative estimate of drug-likeness (QED) is 0.320. The summed E-state index contributed by atoms with van der Waals surface area (Å²) in [4.78, 5) is 10.5. The molecule has 0 aliphatic heterocycles. The molecule has 1 aromatic heterocycles. The summed E-state index contributed by atoms with van der Waals surface area (Å²) >= 11 is 5.78. The molecule has 0 aliphatic rings. The topological polar surface area (TPSA) is 127 Å². The average molecular weight is 435 g/mol. The largest absolute Gasteiger partial charge is 0.463 e. The van der Waals surface area contributed by atoms with E-state index in [1.807, 2.05) is 0 Å². The van der Waals surface area contributed by atoms with Gasteiger partial charge in [-0.1, -0.05) is 11.6 Å². The summed E-state index contributed by atoms with van der Waals surface area (Å²) in [5.74, 6) is 0.492. The maximum atomic E-state index is 12.6. The van der Waals surface area contributed by atoms with Crippen LogP contribution in [-0.4, -0.2) is 19.1 Å². The second kappa shape index (κ2) is 8.33. The lowest BCUT2D eigenvalue weighted by atomic mass is 10.3. The molecule has 3 aromatic rings. The zero-order valence-corrected chi connectivity index (χ0v) is 16.6. The van der Waals surface area contributed by atoms with Gasteiger partial charge < -0.3 is 4.42 Å². The van der Waals surface area contributed by atoms with Crippen molar-refractivity contribution in [2.45, 2.75) is 11.8 Å². The Morgan fingerprint density at radius 1 is 1.17 bits per heavy atom. The molecule has 0 unspecified atom stereocenters. The van der Waals surface area contributed by atoms with Gasteiger partial charge in [0.15, 0.2) is 0 Å². The number of hydrogen-bond acceptors (Lipinski definition) is 7. The van der Waals surface area contributed by atoms with Gasteiger partial charge in [0.25, 0.3) is 15.7 Å². The van der Waals surface area contributed by atoms with Crippen LogP contribution in [0.15, 0.2) is 75.3 Å². The molecule has 0 bridgehead atoms. The molecule has 1 heterocycles. The number of rotatable bonds is 7. The summed E-state index contributed by atoms with van der Waals surface area (Å²) in [5, 5.41) is 15.9. The molecule has 0 aliphatic carbocycles. The molecule has 150 valence electrons. The standard InChI is InChI=1S/C18H15ClN4O5S/c1-12(18-3-2-10-28-18)20-21-16-9-8-15(11-17(16)23(24)25)29(26,27)22-14-6-4-13(19)5-7-14/h2-11,21-22H,1H3. The lowest BCUT2D eigenvalue weighted by Gasteiger charge is -2.09. The smallest absolute Gasteiger partial charge is 0.295 e. The molecule has 0 saturated heterocycles. The van der Waals surface area contributed by atoms with Crippen LogP contribution in [0.1, 0.15) is 12.7 Å². The Balaban J connectivity index is 1.88. The van der Waals surface area contributed by atoms with Gasteiger partial charge in [-0.2, -0.15) is 5.10 Å². The summed E-state index contributed by atoms with van der Waals surface area (Å²) in [6.07, 6.45) is 1.48. The van der Waals surface area contributed by atoms with E-state index in [9.17, 15) is 18.5 Å². The van der Waals surface area contributed by atoms with Gasteiger partial charge in [0.05, 0.1) is 16.1 Å². The van der Waals surface area contributed by atoms with Crippen LogP contribution in [0, 0.1) is 10.1 Å². The van der Waals surface area contributed by atoms with Crippen LogP contribution in [0.5, 0.6) is 0 Å². The normalized spacial score (nSPS) is 11.9. The van der Waals surface area contributed by atoms with E-state index >= 15 is 0 Å². The van der Waals surface area contributed by atoms with Crippen molar-refractivity contribution >= 4 is 44.4 Å². The molecule has 0 saturated carbocycles. The highest BCUT2D eigenvalue weighted by Gasteiger charge is 2.21. The molecular formula is C18H15ClN4O5S. The molecule has 29 heavy (non-hydrogen) atoms. The van der Waals surface area contributed by atoms with E-state index in [0.717, 1.165) is 6.07 Å². The number of nitro groups is 1. The maximum Gasteiger partial charge on any atom is 0.295 e. The number of sulfonamides is 1. The van der Waals surface area contributed by atoms with Gasteiger partial charge in [0.1, 0.15) is 17.2 Å². The van der Waals surface area contributed by atoms with Crippen LogP contribution in [0.25, 0.3) is 0 Å². The third-order valence-electron chi connectivity index (χ3n) is 3.79. The number of hydrazone groups is 1. The molecule has 2 N–H and O–H groups in total. The SMILES string of the molecule is CC(=NNc1ccc(S(=O)(=O)Nc2ccc(Cl)cc2)cc1[N+](=O)[O-])c1ccco1. The Morgan fingerprint density at radius 2 is 1.90 bits per heavy atom. The molecule has 9 nitrogen and oxygen atoms in total. The Hall–Kier alpha value is -3.37. The van der Waals surface area contributed by atoms with Crippen LogP contribution in [0.4, 0.5) is 17.1 Å².